The van der Waals surface area contributed by atoms with Crippen LogP contribution in [0.15, 0.2) is 59.5 Å². The normalized spacial score (nSPS) is 11.5. The fourth-order valence-corrected chi connectivity index (χ4v) is 5.54. The Morgan fingerprint density at radius 1 is 0.909 bits per heavy atom. The van der Waals surface area contributed by atoms with Gasteiger partial charge in [-0.3, -0.25) is 9.40 Å². The zero-order chi connectivity index (χ0) is 23.8. The fraction of sp³-hybridized carbons (Fsp3) is 0.250. The Bertz CT molecular complexity index is 1410. The Kier molecular flexibility index (Phi) is 5.99. The number of nitrogens with one attached hydrogen (secondary N) is 1. The molecule has 33 heavy (non-hydrogen) atoms. The minimum Gasteiger partial charge on any atom is -0.497 e. The SMILES string of the molecule is COc1cccc(Cn2nc(C)c(NS(=O)(=O)c3c(C)nn(-c4ccccc4)c3C)c2C)c1. The predicted octanol–water partition coefficient (Wildman–Crippen LogP) is 4.16. The topological polar surface area (TPSA) is 91.0 Å². The first-order valence-corrected chi connectivity index (χ1v) is 12.0. The van der Waals surface area contributed by atoms with E-state index in [0.717, 1.165) is 22.7 Å². The van der Waals surface area contributed by atoms with E-state index in [0.29, 0.717) is 29.3 Å². The number of anilines is 1. The van der Waals surface area contributed by atoms with E-state index in [1.807, 2.05) is 61.5 Å². The third kappa shape index (κ3) is 4.36. The van der Waals surface area contributed by atoms with E-state index in [9.17, 15) is 8.42 Å². The lowest BCUT2D eigenvalue weighted by Crippen LogP contribution is -2.16. The van der Waals surface area contributed by atoms with Crippen molar-refractivity contribution in [3.63, 3.8) is 0 Å². The number of rotatable bonds is 7. The van der Waals surface area contributed by atoms with Crippen LogP contribution in [0.4, 0.5) is 5.69 Å². The molecule has 172 valence electrons. The summed E-state index contributed by atoms with van der Waals surface area (Å²) < 4.78 is 38.3. The molecule has 2 aromatic heterocycles. The van der Waals surface area contributed by atoms with E-state index in [1.165, 1.54) is 0 Å². The van der Waals surface area contributed by atoms with Gasteiger partial charge < -0.3 is 4.74 Å². The maximum absolute atomic E-state index is 13.4. The molecule has 1 N–H and O–H groups in total. The monoisotopic (exact) mass is 465 g/mol. The number of hydrogen-bond acceptors (Lipinski definition) is 5. The van der Waals surface area contributed by atoms with Crippen LogP contribution in [0.25, 0.3) is 5.69 Å². The minimum absolute atomic E-state index is 0.172. The number of aromatic nitrogens is 4. The Labute approximate surface area is 193 Å². The number of para-hydroxylation sites is 1. The summed E-state index contributed by atoms with van der Waals surface area (Å²) in [5.41, 5.74) is 4.59. The smallest absolute Gasteiger partial charge is 0.265 e. The van der Waals surface area contributed by atoms with E-state index >= 15 is 0 Å². The van der Waals surface area contributed by atoms with Crippen molar-refractivity contribution in [3.05, 3.63) is 82.9 Å². The number of nitrogens with zero attached hydrogens (tertiary/aromatic N) is 4. The molecule has 2 aromatic carbocycles. The summed E-state index contributed by atoms with van der Waals surface area (Å²) in [5, 5.41) is 9.04. The number of benzene rings is 2. The predicted molar refractivity (Wildman–Crippen MR) is 128 cm³/mol. The molecule has 4 rings (SSSR count). The lowest BCUT2D eigenvalue weighted by molar-refractivity contribution is 0.414. The number of sulfonamides is 1. The summed E-state index contributed by atoms with van der Waals surface area (Å²) in [6.45, 7) is 7.60. The van der Waals surface area contributed by atoms with Crippen LogP contribution in [0.3, 0.4) is 0 Å². The molecule has 0 saturated carbocycles. The van der Waals surface area contributed by atoms with Crippen LogP contribution in [0.5, 0.6) is 5.75 Å². The maximum atomic E-state index is 13.4. The Balaban J connectivity index is 1.66. The molecule has 0 aliphatic rings. The van der Waals surface area contributed by atoms with Crippen molar-refractivity contribution in [2.24, 2.45) is 0 Å². The summed E-state index contributed by atoms with van der Waals surface area (Å²) in [6, 6.07) is 17.2. The van der Waals surface area contributed by atoms with Gasteiger partial charge in [-0.2, -0.15) is 10.2 Å². The van der Waals surface area contributed by atoms with E-state index in [1.54, 1.807) is 37.2 Å². The molecule has 0 radical (unpaired) electrons. The molecule has 0 unspecified atom stereocenters. The molecule has 0 atom stereocenters. The van der Waals surface area contributed by atoms with E-state index < -0.39 is 10.0 Å². The third-order valence-corrected chi connectivity index (χ3v) is 7.18. The van der Waals surface area contributed by atoms with Gasteiger partial charge in [-0.05, 0) is 57.5 Å². The van der Waals surface area contributed by atoms with Gasteiger partial charge in [0, 0.05) is 0 Å². The van der Waals surface area contributed by atoms with Crippen molar-refractivity contribution in [2.45, 2.75) is 39.1 Å². The van der Waals surface area contributed by atoms with Gasteiger partial charge in [0.05, 0.1) is 47.8 Å². The number of hydrogen-bond donors (Lipinski definition) is 1. The summed E-state index contributed by atoms with van der Waals surface area (Å²) in [7, 11) is -2.26. The Hall–Kier alpha value is -3.59. The molecule has 0 aliphatic heterocycles. The van der Waals surface area contributed by atoms with Crippen molar-refractivity contribution in [1.82, 2.24) is 19.6 Å². The zero-order valence-electron chi connectivity index (χ0n) is 19.3. The second-order valence-electron chi connectivity index (χ2n) is 7.91. The molecule has 9 heteroatoms. The fourth-order valence-electron chi connectivity index (χ4n) is 3.97. The van der Waals surface area contributed by atoms with Crippen molar-refractivity contribution in [2.75, 3.05) is 11.8 Å². The van der Waals surface area contributed by atoms with Gasteiger partial charge in [0.1, 0.15) is 10.6 Å². The molecular formula is C24H27N5O3S. The largest absolute Gasteiger partial charge is 0.497 e. The molecule has 4 aromatic rings. The van der Waals surface area contributed by atoms with Crippen molar-refractivity contribution < 1.29 is 13.2 Å². The molecule has 0 aliphatic carbocycles. The Morgan fingerprint density at radius 2 is 1.64 bits per heavy atom. The van der Waals surface area contributed by atoms with Crippen LogP contribution in [0, 0.1) is 27.7 Å². The van der Waals surface area contributed by atoms with E-state index in [4.69, 9.17) is 4.74 Å². The van der Waals surface area contributed by atoms with Crippen LogP contribution >= 0.6 is 0 Å². The van der Waals surface area contributed by atoms with Gasteiger partial charge in [0.2, 0.25) is 0 Å². The average Bonchev–Trinajstić information content (AvgIpc) is 3.24. The van der Waals surface area contributed by atoms with E-state index in [2.05, 4.69) is 14.9 Å². The number of ether oxygens (including phenoxy) is 1. The van der Waals surface area contributed by atoms with Gasteiger partial charge in [-0.1, -0.05) is 30.3 Å². The highest BCUT2D eigenvalue weighted by Gasteiger charge is 2.27. The van der Waals surface area contributed by atoms with Gasteiger partial charge in [0.25, 0.3) is 10.0 Å². The highest BCUT2D eigenvalue weighted by atomic mass is 32.2. The maximum Gasteiger partial charge on any atom is 0.265 e. The molecule has 0 fully saturated rings. The van der Waals surface area contributed by atoms with Gasteiger partial charge in [-0.25, -0.2) is 13.1 Å². The second-order valence-corrected chi connectivity index (χ2v) is 9.53. The summed E-state index contributed by atoms with van der Waals surface area (Å²) in [5.74, 6) is 0.760. The van der Waals surface area contributed by atoms with Crippen LogP contribution in [-0.2, 0) is 16.6 Å². The lowest BCUT2D eigenvalue weighted by Gasteiger charge is -2.10. The van der Waals surface area contributed by atoms with Crippen molar-refractivity contribution in [1.29, 1.82) is 0 Å². The van der Waals surface area contributed by atoms with Crippen LogP contribution in [0.1, 0.15) is 28.3 Å². The number of aryl methyl sites for hydroxylation is 2. The molecular weight excluding hydrogens is 438 g/mol. The van der Waals surface area contributed by atoms with Crippen molar-refractivity contribution >= 4 is 15.7 Å². The van der Waals surface area contributed by atoms with Gasteiger partial charge >= 0.3 is 0 Å². The average molecular weight is 466 g/mol. The van der Waals surface area contributed by atoms with Crippen molar-refractivity contribution in [3.8, 4) is 11.4 Å². The Morgan fingerprint density at radius 3 is 2.33 bits per heavy atom. The molecule has 8 nitrogen and oxygen atoms in total. The van der Waals surface area contributed by atoms with Crippen LogP contribution in [0.2, 0.25) is 0 Å². The van der Waals surface area contributed by atoms with Crippen LogP contribution in [-0.4, -0.2) is 35.1 Å². The first kappa shape index (κ1) is 22.6. The highest BCUT2D eigenvalue weighted by molar-refractivity contribution is 7.92. The second kappa shape index (κ2) is 8.74. The molecule has 0 amide bonds. The quantitative estimate of drug-likeness (QED) is 0.443. The summed E-state index contributed by atoms with van der Waals surface area (Å²) >= 11 is 0. The summed E-state index contributed by atoms with van der Waals surface area (Å²) in [6.07, 6.45) is 0. The molecule has 0 spiro atoms. The third-order valence-electron chi connectivity index (χ3n) is 5.58. The minimum atomic E-state index is -3.88. The highest BCUT2D eigenvalue weighted by Crippen LogP contribution is 2.28. The molecule has 0 bridgehead atoms. The lowest BCUT2D eigenvalue weighted by atomic mass is 10.2. The molecule has 2 heterocycles. The van der Waals surface area contributed by atoms with Crippen LogP contribution < -0.4 is 9.46 Å². The number of methoxy groups -OCH3 is 1. The standard InChI is InChI=1S/C24H27N5O3S/c1-16-23(18(3)28(25-16)15-20-10-9-13-22(14-20)32-5)27-33(30,31)24-17(2)26-29(19(24)4)21-11-7-6-8-12-21/h6-14,27H,15H2,1-5H3. The van der Waals surface area contributed by atoms with E-state index in [-0.39, 0.29) is 4.90 Å². The molecule has 0 saturated heterocycles. The first-order valence-electron chi connectivity index (χ1n) is 10.5. The first-order chi connectivity index (χ1) is 15.7. The summed E-state index contributed by atoms with van der Waals surface area (Å²) in [4.78, 5) is 0.172. The van der Waals surface area contributed by atoms with Gasteiger partial charge in [0.15, 0.2) is 0 Å². The van der Waals surface area contributed by atoms with Gasteiger partial charge in [-0.15, -0.1) is 0 Å². The zero-order valence-corrected chi connectivity index (χ0v) is 20.1.